The van der Waals surface area contributed by atoms with Crippen molar-refractivity contribution < 1.29 is 4.79 Å². The van der Waals surface area contributed by atoms with E-state index in [4.69, 9.17) is 0 Å². The third kappa shape index (κ3) is 1.37. The Morgan fingerprint density at radius 1 is 1.29 bits per heavy atom. The van der Waals surface area contributed by atoms with E-state index in [-0.39, 0.29) is 5.92 Å². The zero-order chi connectivity index (χ0) is 10.1. The maximum absolute atomic E-state index is 11.0. The molecule has 0 aromatic heterocycles. The molecule has 0 N–H and O–H groups in total. The third-order valence-electron chi connectivity index (χ3n) is 3.29. The lowest BCUT2D eigenvalue weighted by Crippen LogP contribution is -2.13. The predicted molar refractivity (Wildman–Crippen MR) is 57.7 cm³/mol. The van der Waals surface area contributed by atoms with E-state index < -0.39 is 0 Å². The van der Waals surface area contributed by atoms with Gasteiger partial charge in [0.15, 0.2) is 0 Å². The molecule has 14 heavy (non-hydrogen) atoms. The fourth-order valence-corrected chi connectivity index (χ4v) is 2.52. The second kappa shape index (κ2) is 3.56. The molecular formula is C13H16O. The Kier molecular flexibility index (Phi) is 2.40. The van der Waals surface area contributed by atoms with Gasteiger partial charge in [0.05, 0.1) is 0 Å². The van der Waals surface area contributed by atoms with Gasteiger partial charge in [-0.1, -0.05) is 12.1 Å². The van der Waals surface area contributed by atoms with Gasteiger partial charge in [-0.3, -0.25) is 0 Å². The van der Waals surface area contributed by atoms with Crippen LogP contribution in [0, 0.1) is 13.8 Å². The SMILES string of the molecule is Cc1ccc(C)c2c1CCCC2C=O. The molecule has 1 atom stereocenters. The molecule has 0 amide bonds. The molecule has 1 unspecified atom stereocenters. The van der Waals surface area contributed by atoms with Gasteiger partial charge >= 0.3 is 0 Å². The van der Waals surface area contributed by atoms with Crippen molar-refractivity contribution in [1.29, 1.82) is 0 Å². The second-order valence-electron chi connectivity index (χ2n) is 4.23. The van der Waals surface area contributed by atoms with Crippen LogP contribution in [0.25, 0.3) is 0 Å². The van der Waals surface area contributed by atoms with Crippen LogP contribution in [-0.4, -0.2) is 6.29 Å². The fourth-order valence-electron chi connectivity index (χ4n) is 2.52. The largest absolute Gasteiger partial charge is 0.303 e. The Labute approximate surface area is 85.1 Å². The minimum Gasteiger partial charge on any atom is -0.303 e. The molecule has 1 aliphatic rings. The molecule has 0 heterocycles. The zero-order valence-corrected chi connectivity index (χ0v) is 8.84. The molecular weight excluding hydrogens is 172 g/mol. The molecule has 0 saturated heterocycles. The zero-order valence-electron chi connectivity index (χ0n) is 8.84. The number of carbonyl (C=O) groups is 1. The van der Waals surface area contributed by atoms with Crippen molar-refractivity contribution in [1.82, 2.24) is 0 Å². The molecule has 0 spiro atoms. The van der Waals surface area contributed by atoms with Gasteiger partial charge in [-0.05, 0) is 55.4 Å². The third-order valence-corrected chi connectivity index (χ3v) is 3.29. The summed E-state index contributed by atoms with van der Waals surface area (Å²) in [5.41, 5.74) is 5.36. The van der Waals surface area contributed by atoms with Crippen molar-refractivity contribution in [2.24, 2.45) is 0 Å². The van der Waals surface area contributed by atoms with Crippen molar-refractivity contribution in [3.05, 3.63) is 34.4 Å². The summed E-state index contributed by atoms with van der Waals surface area (Å²) in [7, 11) is 0. The first kappa shape index (κ1) is 9.45. The van der Waals surface area contributed by atoms with E-state index in [9.17, 15) is 4.79 Å². The Bertz CT molecular complexity index is 366. The van der Waals surface area contributed by atoms with Crippen LogP contribution in [0.5, 0.6) is 0 Å². The molecule has 0 saturated carbocycles. The minimum atomic E-state index is 0.152. The van der Waals surface area contributed by atoms with Gasteiger partial charge in [-0.15, -0.1) is 0 Å². The number of hydrogen-bond donors (Lipinski definition) is 0. The van der Waals surface area contributed by atoms with E-state index in [1.165, 1.54) is 22.3 Å². The van der Waals surface area contributed by atoms with E-state index >= 15 is 0 Å². The molecule has 0 radical (unpaired) electrons. The van der Waals surface area contributed by atoms with E-state index in [0.29, 0.717) is 0 Å². The van der Waals surface area contributed by atoms with Crippen LogP contribution >= 0.6 is 0 Å². The van der Waals surface area contributed by atoms with Crippen molar-refractivity contribution in [2.45, 2.75) is 39.0 Å². The minimum absolute atomic E-state index is 0.152. The molecule has 1 aromatic carbocycles. The molecule has 1 nitrogen and oxygen atoms in total. The average Bonchev–Trinajstić information content (AvgIpc) is 2.23. The van der Waals surface area contributed by atoms with Crippen molar-refractivity contribution in [3.63, 3.8) is 0 Å². The summed E-state index contributed by atoms with van der Waals surface area (Å²) in [6.07, 6.45) is 4.44. The van der Waals surface area contributed by atoms with Gasteiger partial charge in [-0.25, -0.2) is 0 Å². The van der Waals surface area contributed by atoms with Crippen LogP contribution in [0.4, 0.5) is 0 Å². The number of benzene rings is 1. The normalized spacial score (nSPS) is 20.3. The first-order chi connectivity index (χ1) is 6.74. The Morgan fingerprint density at radius 2 is 2.00 bits per heavy atom. The van der Waals surface area contributed by atoms with Crippen LogP contribution in [0.15, 0.2) is 12.1 Å². The lowest BCUT2D eigenvalue weighted by Gasteiger charge is -2.25. The highest BCUT2D eigenvalue weighted by Gasteiger charge is 2.22. The van der Waals surface area contributed by atoms with Crippen molar-refractivity contribution in [3.8, 4) is 0 Å². The number of fused-ring (bicyclic) bond motifs is 1. The van der Waals surface area contributed by atoms with Crippen LogP contribution < -0.4 is 0 Å². The van der Waals surface area contributed by atoms with E-state index in [1.807, 2.05) is 0 Å². The van der Waals surface area contributed by atoms with Gasteiger partial charge in [0.1, 0.15) is 6.29 Å². The molecule has 2 rings (SSSR count). The molecule has 0 bridgehead atoms. The molecule has 0 aliphatic heterocycles. The molecule has 1 heteroatoms. The molecule has 74 valence electrons. The number of aryl methyl sites for hydroxylation is 2. The van der Waals surface area contributed by atoms with Gasteiger partial charge in [0, 0.05) is 5.92 Å². The summed E-state index contributed by atoms with van der Waals surface area (Å²) in [5.74, 6) is 0.152. The summed E-state index contributed by atoms with van der Waals surface area (Å²) in [5, 5.41) is 0. The average molecular weight is 188 g/mol. The van der Waals surface area contributed by atoms with Crippen LogP contribution in [0.3, 0.4) is 0 Å². The monoisotopic (exact) mass is 188 g/mol. The molecule has 1 aliphatic carbocycles. The lowest BCUT2D eigenvalue weighted by atomic mass is 9.79. The number of hydrogen-bond acceptors (Lipinski definition) is 1. The lowest BCUT2D eigenvalue weighted by molar-refractivity contribution is -0.109. The van der Waals surface area contributed by atoms with Crippen molar-refractivity contribution in [2.75, 3.05) is 0 Å². The maximum atomic E-state index is 11.0. The molecule has 1 aromatic rings. The summed E-state index contributed by atoms with van der Waals surface area (Å²) in [6, 6.07) is 4.30. The Hall–Kier alpha value is -1.11. The number of carbonyl (C=O) groups excluding carboxylic acids is 1. The second-order valence-corrected chi connectivity index (χ2v) is 4.23. The summed E-state index contributed by atoms with van der Waals surface area (Å²) in [4.78, 5) is 11.0. The van der Waals surface area contributed by atoms with Crippen molar-refractivity contribution >= 4 is 6.29 Å². The summed E-state index contributed by atoms with van der Waals surface area (Å²) < 4.78 is 0. The van der Waals surface area contributed by atoms with E-state index in [0.717, 1.165) is 25.5 Å². The van der Waals surface area contributed by atoms with Gasteiger partial charge in [0.25, 0.3) is 0 Å². The van der Waals surface area contributed by atoms with Crippen LogP contribution in [-0.2, 0) is 11.2 Å². The summed E-state index contributed by atoms with van der Waals surface area (Å²) >= 11 is 0. The van der Waals surface area contributed by atoms with Crippen LogP contribution in [0.2, 0.25) is 0 Å². The number of rotatable bonds is 1. The van der Waals surface area contributed by atoms with Gasteiger partial charge in [-0.2, -0.15) is 0 Å². The highest BCUT2D eigenvalue weighted by molar-refractivity contribution is 5.66. The van der Waals surface area contributed by atoms with Gasteiger partial charge in [0.2, 0.25) is 0 Å². The topological polar surface area (TPSA) is 17.1 Å². The highest BCUT2D eigenvalue weighted by Crippen LogP contribution is 2.34. The van der Waals surface area contributed by atoms with E-state index in [2.05, 4.69) is 26.0 Å². The fraction of sp³-hybridized carbons (Fsp3) is 0.462. The quantitative estimate of drug-likeness (QED) is 0.619. The van der Waals surface area contributed by atoms with Crippen LogP contribution in [0.1, 0.15) is 41.0 Å². The predicted octanol–water partition coefficient (Wildman–Crippen LogP) is 2.92. The van der Waals surface area contributed by atoms with E-state index in [1.54, 1.807) is 0 Å². The maximum Gasteiger partial charge on any atom is 0.127 e. The highest BCUT2D eigenvalue weighted by atomic mass is 16.1. The number of aldehydes is 1. The molecule has 0 fully saturated rings. The van der Waals surface area contributed by atoms with Gasteiger partial charge < -0.3 is 4.79 Å². The Balaban J connectivity index is 2.60. The first-order valence-corrected chi connectivity index (χ1v) is 5.28. The smallest absolute Gasteiger partial charge is 0.127 e. The first-order valence-electron chi connectivity index (χ1n) is 5.28. The standard InChI is InChI=1S/C13H16O/c1-9-6-7-10(2)13-11(8-14)4-3-5-12(9)13/h6-8,11H,3-5H2,1-2H3. The Morgan fingerprint density at radius 3 is 2.71 bits per heavy atom. The summed E-state index contributed by atoms with van der Waals surface area (Å²) in [6.45, 7) is 4.26.